The monoisotopic (exact) mass is 227 g/mol. The molecule has 1 aromatic carbocycles. The smallest absolute Gasteiger partial charge is 0.318 e. The Balaban J connectivity index is 3.36. The zero-order valence-electron chi connectivity index (χ0n) is 8.85. The van der Waals surface area contributed by atoms with Crippen molar-refractivity contribution in [3.63, 3.8) is 0 Å². The molecule has 0 saturated carbocycles. The molecule has 0 aliphatic carbocycles. The Hall–Kier alpha value is -1.62. The summed E-state index contributed by atoms with van der Waals surface area (Å²) in [6.07, 6.45) is -1.66. The number of carboxylic acids is 1. The fourth-order valence-electron chi connectivity index (χ4n) is 1.67. The number of aromatic hydroxyl groups is 1. The SMILES string of the molecule is CC(F)C(CN)(C(=O)O)c1cccc(O)c1. The number of carbonyl (C=O) groups is 1. The number of rotatable bonds is 4. The first-order valence-electron chi connectivity index (χ1n) is 4.82. The predicted molar refractivity (Wildman–Crippen MR) is 57.0 cm³/mol. The van der Waals surface area contributed by atoms with Crippen molar-refractivity contribution in [3.8, 4) is 5.75 Å². The van der Waals surface area contributed by atoms with E-state index < -0.39 is 17.6 Å². The van der Waals surface area contributed by atoms with E-state index in [-0.39, 0.29) is 17.9 Å². The number of hydrogen-bond donors (Lipinski definition) is 3. The summed E-state index contributed by atoms with van der Waals surface area (Å²) in [4.78, 5) is 11.2. The van der Waals surface area contributed by atoms with Gasteiger partial charge in [-0.25, -0.2) is 4.39 Å². The van der Waals surface area contributed by atoms with E-state index in [2.05, 4.69) is 0 Å². The van der Waals surface area contributed by atoms with E-state index in [1.54, 1.807) is 0 Å². The first-order valence-corrected chi connectivity index (χ1v) is 4.82. The molecular formula is C11H14FNO3. The molecule has 88 valence electrons. The number of nitrogens with two attached hydrogens (primary N) is 1. The maximum Gasteiger partial charge on any atom is 0.318 e. The first-order chi connectivity index (χ1) is 7.45. The van der Waals surface area contributed by atoms with E-state index in [0.717, 1.165) is 6.92 Å². The van der Waals surface area contributed by atoms with Crippen LogP contribution in [0.5, 0.6) is 5.75 Å². The van der Waals surface area contributed by atoms with Gasteiger partial charge in [-0.1, -0.05) is 12.1 Å². The molecule has 2 atom stereocenters. The lowest BCUT2D eigenvalue weighted by molar-refractivity contribution is -0.146. The number of halogens is 1. The average molecular weight is 227 g/mol. The molecule has 0 aromatic heterocycles. The number of alkyl halides is 1. The molecule has 0 spiro atoms. The van der Waals surface area contributed by atoms with Crippen LogP contribution < -0.4 is 5.73 Å². The topological polar surface area (TPSA) is 83.6 Å². The molecule has 0 radical (unpaired) electrons. The molecule has 4 N–H and O–H groups in total. The minimum absolute atomic E-state index is 0.114. The van der Waals surface area contributed by atoms with Crippen LogP contribution in [0.15, 0.2) is 24.3 Å². The van der Waals surface area contributed by atoms with Crippen LogP contribution in [0.4, 0.5) is 4.39 Å². The van der Waals surface area contributed by atoms with Crippen LogP contribution in [0.1, 0.15) is 12.5 Å². The Morgan fingerprint density at radius 1 is 1.62 bits per heavy atom. The molecule has 0 fully saturated rings. The van der Waals surface area contributed by atoms with Gasteiger partial charge in [0.25, 0.3) is 0 Å². The number of hydrogen-bond acceptors (Lipinski definition) is 3. The molecule has 5 heteroatoms. The lowest BCUT2D eigenvalue weighted by Crippen LogP contribution is -2.49. The van der Waals surface area contributed by atoms with E-state index in [1.807, 2.05) is 0 Å². The Labute approximate surface area is 92.5 Å². The van der Waals surface area contributed by atoms with Crippen LogP contribution in [0, 0.1) is 0 Å². The Bertz CT molecular complexity index is 395. The Morgan fingerprint density at radius 3 is 2.62 bits per heavy atom. The third-order valence-electron chi connectivity index (χ3n) is 2.74. The highest BCUT2D eigenvalue weighted by molar-refractivity contribution is 5.82. The lowest BCUT2D eigenvalue weighted by atomic mass is 9.77. The third kappa shape index (κ3) is 1.86. The predicted octanol–water partition coefficient (Wildman–Crippen LogP) is 1.03. The highest BCUT2D eigenvalue weighted by Gasteiger charge is 2.45. The molecule has 4 nitrogen and oxygen atoms in total. The van der Waals surface area contributed by atoms with Gasteiger partial charge < -0.3 is 15.9 Å². The van der Waals surface area contributed by atoms with Gasteiger partial charge in [0.1, 0.15) is 17.3 Å². The summed E-state index contributed by atoms with van der Waals surface area (Å²) < 4.78 is 13.5. The van der Waals surface area contributed by atoms with Gasteiger partial charge in [0.15, 0.2) is 0 Å². The van der Waals surface area contributed by atoms with E-state index in [1.165, 1.54) is 24.3 Å². The van der Waals surface area contributed by atoms with Crippen molar-refractivity contribution >= 4 is 5.97 Å². The highest BCUT2D eigenvalue weighted by Crippen LogP contribution is 2.31. The molecule has 0 aliphatic heterocycles. The summed E-state index contributed by atoms with van der Waals surface area (Å²) >= 11 is 0. The summed E-state index contributed by atoms with van der Waals surface area (Å²) in [5, 5.41) is 18.4. The number of aliphatic carboxylic acids is 1. The summed E-state index contributed by atoms with van der Waals surface area (Å²) in [6.45, 7) is 0.772. The maximum atomic E-state index is 13.5. The fraction of sp³-hybridized carbons (Fsp3) is 0.364. The normalized spacial score (nSPS) is 16.4. The van der Waals surface area contributed by atoms with Crippen LogP contribution >= 0.6 is 0 Å². The molecule has 0 bridgehead atoms. The zero-order valence-corrected chi connectivity index (χ0v) is 8.85. The van der Waals surface area contributed by atoms with Crippen molar-refractivity contribution in [2.24, 2.45) is 5.73 Å². The second-order valence-corrected chi connectivity index (χ2v) is 3.65. The second-order valence-electron chi connectivity index (χ2n) is 3.65. The van der Waals surface area contributed by atoms with E-state index in [0.29, 0.717) is 0 Å². The molecule has 0 aliphatic rings. The molecule has 0 heterocycles. The summed E-state index contributed by atoms with van der Waals surface area (Å²) in [5.41, 5.74) is 3.75. The van der Waals surface area contributed by atoms with Crippen molar-refractivity contribution in [2.45, 2.75) is 18.5 Å². The van der Waals surface area contributed by atoms with Gasteiger partial charge in [0.05, 0.1) is 0 Å². The number of carboxylic acid groups (broad SMARTS) is 1. The van der Waals surface area contributed by atoms with Crippen molar-refractivity contribution in [1.82, 2.24) is 0 Å². The largest absolute Gasteiger partial charge is 0.508 e. The van der Waals surface area contributed by atoms with Crippen molar-refractivity contribution in [3.05, 3.63) is 29.8 Å². The Kier molecular flexibility index (Phi) is 3.49. The summed E-state index contributed by atoms with van der Waals surface area (Å²) in [5.74, 6) is -1.45. The fourth-order valence-corrected chi connectivity index (χ4v) is 1.67. The first kappa shape index (κ1) is 12.4. The summed E-state index contributed by atoms with van der Waals surface area (Å²) in [6, 6.07) is 5.50. The van der Waals surface area contributed by atoms with Crippen LogP contribution in [-0.4, -0.2) is 28.9 Å². The van der Waals surface area contributed by atoms with Gasteiger partial charge in [-0.3, -0.25) is 4.79 Å². The van der Waals surface area contributed by atoms with Gasteiger partial charge in [0.2, 0.25) is 0 Å². The third-order valence-corrected chi connectivity index (χ3v) is 2.74. The minimum Gasteiger partial charge on any atom is -0.508 e. The molecule has 1 aromatic rings. The van der Waals surface area contributed by atoms with Crippen LogP contribution in [-0.2, 0) is 10.2 Å². The average Bonchev–Trinajstić information content (AvgIpc) is 2.18. The van der Waals surface area contributed by atoms with Crippen LogP contribution in [0.3, 0.4) is 0 Å². The molecule has 0 saturated heterocycles. The molecule has 16 heavy (non-hydrogen) atoms. The molecule has 1 rings (SSSR count). The zero-order chi connectivity index (χ0) is 12.3. The van der Waals surface area contributed by atoms with E-state index in [9.17, 15) is 14.3 Å². The lowest BCUT2D eigenvalue weighted by Gasteiger charge is -2.29. The van der Waals surface area contributed by atoms with E-state index >= 15 is 0 Å². The standard InChI is InChI=1S/C11H14FNO3/c1-7(12)11(6-13,10(15)16)8-3-2-4-9(14)5-8/h2-5,7,14H,6,13H2,1H3,(H,15,16). The number of phenolic OH excluding ortho intramolecular Hbond substituents is 1. The molecule has 2 unspecified atom stereocenters. The molecular weight excluding hydrogens is 213 g/mol. The van der Waals surface area contributed by atoms with E-state index in [4.69, 9.17) is 10.8 Å². The van der Waals surface area contributed by atoms with Gasteiger partial charge >= 0.3 is 5.97 Å². The maximum absolute atomic E-state index is 13.5. The number of phenols is 1. The minimum atomic E-state index is -1.81. The summed E-state index contributed by atoms with van der Waals surface area (Å²) in [7, 11) is 0. The van der Waals surface area contributed by atoms with Crippen molar-refractivity contribution in [1.29, 1.82) is 0 Å². The van der Waals surface area contributed by atoms with Gasteiger partial charge in [-0.05, 0) is 24.6 Å². The van der Waals surface area contributed by atoms with Gasteiger partial charge in [-0.2, -0.15) is 0 Å². The Morgan fingerprint density at radius 2 is 2.25 bits per heavy atom. The molecule has 0 amide bonds. The second kappa shape index (κ2) is 4.49. The van der Waals surface area contributed by atoms with Gasteiger partial charge in [-0.15, -0.1) is 0 Å². The number of benzene rings is 1. The van der Waals surface area contributed by atoms with Crippen LogP contribution in [0.25, 0.3) is 0 Å². The highest BCUT2D eigenvalue weighted by atomic mass is 19.1. The van der Waals surface area contributed by atoms with Gasteiger partial charge in [0, 0.05) is 6.54 Å². The quantitative estimate of drug-likeness (QED) is 0.717. The van der Waals surface area contributed by atoms with Crippen molar-refractivity contribution < 1.29 is 19.4 Å². The van der Waals surface area contributed by atoms with Crippen molar-refractivity contribution in [2.75, 3.05) is 6.54 Å². The van der Waals surface area contributed by atoms with Crippen LogP contribution in [0.2, 0.25) is 0 Å².